The highest BCUT2D eigenvalue weighted by Gasteiger charge is 2.41. The van der Waals surface area contributed by atoms with Gasteiger partial charge in [-0.05, 0) is 49.9 Å². The second-order valence-electron chi connectivity index (χ2n) is 11.0. The van der Waals surface area contributed by atoms with Gasteiger partial charge < -0.3 is 19.4 Å². The molecule has 0 spiro atoms. The molecule has 2 atom stereocenters. The van der Waals surface area contributed by atoms with E-state index in [1.165, 1.54) is 6.42 Å². The average molecular weight is 531 g/mol. The van der Waals surface area contributed by atoms with Crippen molar-refractivity contribution in [3.8, 4) is 23.0 Å². The summed E-state index contributed by atoms with van der Waals surface area (Å²) in [6, 6.07) is 17.4. The first kappa shape index (κ1) is 23.9. The molecule has 2 bridgehead atoms. The van der Waals surface area contributed by atoms with Crippen LogP contribution >= 0.6 is 11.6 Å². The van der Waals surface area contributed by atoms with Crippen molar-refractivity contribution in [1.29, 1.82) is 0 Å². The number of ether oxygens (including phenoxy) is 2. The van der Waals surface area contributed by atoms with Crippen LogP contribution in [-0.4, -0.2) is 68.3 Å². The van der Waals surface area contributed by atoms with Crippen LogP contribution in [0.15, 0.2) is 54.9 Å². The third kappa shape index (κ3) is 4.72. The molecule has 4 fully saturated rings. The van der Waals surface area contributed by atoms with Crippen LogP contribution in [0, 0.1) is 0 Å². The molecule has 3 aliphatic heterocycles. The number of aromatic nitrogens is 4. The van der Waals surface area contributed by atoms with Crippen molar-refractivity contribution in [3.63, 3.8) is 0 Å². The molecule has 38 heavy (non-hydrogen) atoms. The van der Waals surface area contributed by atoms with Gasteiger partial charge in [0, 0.05) is 37.3 Å². The number of fused-ring (bicyclic) bond motifs is 3. The molecule has 0 radical (unpaired) electrons. The summed E-state index contributed by atoms with van der Waals surface area (Å²) < 4.78 is 14.4. The van der Waals surface area contributed by atoms with Gasteiger partial charge in [0.05, 0.1) is 11.6 Å². The summed E-state index contributed by atoms with van der Waals surface area (Å²) in [5, 5.41) is 4.15. The Kier molecular flexibility index (Phi) is 5.98. The Morgan fingerprint density at radius 2 is 1.87 bits per heavy atom. The molecular weight excluding hydrogens is 500 g/mol. The third-order valence-electron chi connectivity index (χ3n) is 7.83. The van der Waals surface area contributed by atoms with Crippen molar-refractivity contribution in [1.82, 2.24) is 29.7 Å². The lowest BCUT2D eigenvalue weighted by Gasteiger charge is -2.48. The van der Waals surface area contributed by atoms with E-state index in [0.29, 0.717) is 41.7 Å². The number of nitrogens with zero attached hydrogens (tertiary/aromatic N) is 5. The van der Waals surface area contributed by atoms with Crippen LogP contribution in [0.1, 0.15) is 31.7 Å². The molecule has 2 aromatic carbocycles. The molecule has 1 aliphatic carbocycles. The number of piperidine rings is 1. The number of nitrogens with one attached hydrogen (secondary N) is 1. The quantitative estimate of drug-likeness (QED) is 0.340. The highest BCUT2D eigenvalue weighted by atomic mass is 35.5. The molecule has 8 rings (SSSR count). The molecule has 3 saturated heterocycles. The first-order chi connectivity index (χ1) is 18.5. The third-order valence-corrected chi connectivity index (χ3v) is 8.15. The van der Waals surface area contributed by atoms with Gasteiger partial charge in [-0.2, -0.15) is 4.98 Å². The zero-order valence-corrected chi connectivity index (χ0v) is 22.2. The van der Waals surface area contributed by atoms with Gasteiger partial charge in [0.25, 0.3) is 0 Å². The first-order valence-corrected chi connectivity index (χ1v) is 13.8. The summed E-state index contributed by atoms with van der Waals surface area (Å²) in [5.41, 5.74) is 3.16. The Morgan fingerprint density at radius 3 is 2.61 bits per heavy atom. The second-order valence-corrected chi connectivity index (χ2v) is 11.4. The number of benzene rings is 2. The average Bonchev–Trinajstić information content (AvgIpc) is 3.52. The van der Waals surface area contributed by atoms with Crippen LogP contribution < -0.4 is 14.8 Å². The Hall–Kier alpha value is -3.20. The predicted octanol–water partition coefficient (Wildman–Crippen LogP) is 4.55. The normalized spacial score (nSPS) is 21.7. The predicted molar refractivity (Wildman–Crippen MR) is 147 cm³/mol. The van der Waals surface area contributed by atoms with Crippen LogP contribution in [0.5, 0.6) is 11.6 Å². The topological polar surface area (TPSA) is 77.3 Å². The fourth-order valence-corrected chi connectivity index (χ4v) is 5.73. The smallest absolute Gasteiger partial charge is 0.245 e. The molecule has 2 aromatic heterocycles. The van der Waals surface area contributed by atoms with Gasteiger partial charge >= 0.3 is 0 Å². The molecule has 9 heteroatoms. The SMILES string of the molecule is CC1(Oc2ncnc3c2nc(-c2ccc(OCCN4CC5CC(C4)N5)cc2Cl)n3Cc2ccccc2)CC1. The van der Waals surface area contributed by atoms with E-state index >= 15 is 0 Å². The molecule has 1 N–H and O–H groups in total. The molecule has 1 saturated carbocycles. The highest BCUT2D eigenvalue weighted by molar-refractivity contribution is 6.33. The minimum Gasteiger partial charge on any atom is -0.492 e. The molecule has 0 amide bonds. The van der Waals surface area contributed by atoms with Crippen LogP contribution in [0.2, 0.25) is 5.02 Å². The second kappa shape index (κ2) is 9.52. The molecule has 196 valence electrons. The molecule has 4 aliphatic rings. The number of imidazole rings is 1. The summed E-state index contributed by atoms with van der Waals surface area (Å²) in [6.07, 6.45) is 4.89. The summed E-state index contributed by atoms with van der Waals surface area (Å²) in [5.74, 6) is 2.01. The Labute approximate surface area is 227 Å². The molecule has 5 heterocycles. The Balaban J connectivity index is 1.17. The first-order valence-electron chi connectivity index (χ1n) is 13.4. The fourth-order valence-electron chi connectivity index (χ4n) is 5.47. The van der Waals surface area contributed by atoms with E-state index in [-0.39, 0.29) is 5.60 Å². The lowest BCUT2D eigenvalue weighted by atomic mass is 9.91. The lowest BCUT2D eigenvalue weighted by Crippen LogP contribution is -2.67. The molecular formula is C29H31ClN6O2. The highest BCUT2D eigenvalue weighted by Crippen LogP contribution is 2.41. The van der Waals surface area contributed by atoms with E-state index in [0.717, 1.165) is 60.8 Å². The molecule has 4 aromatic rings. The van der Waals surface area contributed by atoms with Crippen molar-refractivity contribution in [3.05, 3.63) is 65.4 Å². The Bertz CT molecular complexity index is 1450. The number of halogens is 1. The maximum absolute atomic E-state index is 6.86. The van der Waals surface area contributed by atoms with Gasteiger partial charge in [0.2, 0.25) is 5.88 Å². The van der Waals surface area contributed by atoms with Gasteiger partial charge in [-0.3, -0.25) is 4.90 Å². The maximum Gasteiger partial charge on any atom is 0.245 e. The number of hydrogen-bond acceptors (Lipinski definition) is 7. The van der Waals surface area contributed by atoms with Crippen molar-refractivity contribution < 1.29 is 9.47 Å². The zero-order valence-electron chi connectivity index (χ0n) is 21.4. The van der Waals surface area contributed by atoms with Gasteiger partial charge in [0.15, 0.2) is 11.2 Å². The van der Waals surface area contributed by atoms with Crippen LogP contribution in [0.4, 0.5) is 0 Å². The van der Waals surface area contributed by atoms with Gasteiger partial charge in [0.1, 0.15) is 30.1 Å². The molecule has 2 unspecified atom stereocenters. The van der Waals surface area contributed by atoms with Gasteiger partial charge in [-0.15, -0.1) is 0 Å². The number of piperazine rings is 1. The van der Waals surface area contributed by atoms with E-state index in [1.54, 1.807) is 6.33 Å². The van der Waals surface area contributed by atoms with Crippen LogP contribution in [0.25, 0.3) is 22.6 Å². The minimum absolute atomic E-state index is 0.174. The maximum atomic E-state index is 6.86. The summed E-state index contributed by atoms with van der Waals surface area (Å²) in [6.45, 7) is 6.46. The van der Waals surface area contributed by atoms with E-state index in [9.17, 15) is 0 Å². The number of hydrogen-bond donors (Lipinski definition) is 1. The van der Waals surface area contributed by atoms with Crippen molar-refractivity contribution in [2.24, 2.45) is 0 Å². The fraction of sp³-hybridized carbons (Fsp3) is 0.414. The van der Waals surface area contributed by atoms with Crippen molar-refractivity contribution in [2.75, 3.05) is 26.2 Å². The van der Waals surface area contributed by atoms with E-state index in [2.05, 4.69) is 43.8 Å². The number of rotatable bonds is 9. The molecule has 8 nitrogen and oxygen atoms in total. The largest absolute Gasteiger partial charge is 0.492 e. The summed E-state index contributed by atoms with van der Waals surface area (Å²) in [4.78, 5) is 16.5. The van der Waals surface area contributed by atoms with Crippen LogP contribution in [0.3, 0.4) is 0 Å². The summed E-state index contributed by atoms with van der Waals surface area (Å²) in [7, 11) is 0. The standard InChI is InChI=1S/C29H31ClN6O2/c1-29(9-10-29)38-28-25-27(31-18-32-28)36(15-19-5-3-2-4-6-19)26(34-25)23-8-7-22(14-24(23)30)37-12-11-35-16-20-13-21(17-35)33-20/h2-8,14,18,20-21,33H,9-13,15-17H2,1H3. The van der Waals surface area contributed by atoms with Gasteiger partial charge in [-0.25, -0.2) is 9.97 Å². The van der Waals surface area contributed by atoms with Crippen LogP contribution in [-0.2, 0) is 6.54 Å². The zero-order chi connectivity index (χ0) is 25.7. The minimum atomic E-state index is -0.174. The van der Waals surface area contributed by atoms with E-state index < -0.39 is 0 Å². The summed E-state index contributed by atoms with van der Waals surface area (Å²) >= 11 is 6.86. The lowest BCUT2D eigenvalue weighted by molar-refractivity contribution is 0.0674. The van der Waals surface area contributed by atoms with Crippen molar-refractivity contribution >= 4 is 22.8 Å². The van der Waals surface area contributed by atoms with E-state index in [1.807, 2.05) is 36.4 Å². The van der Waals surface area contributed by atoms with Crippen molar-refractivity contribution in [2.45, 2.75) is 50.4 Å². The van der Waals surface area contributed by atoms with E-state index in [4.69, 9.17) is 26.1 Å². The van der Waals surface area contributed by atoms with Gasteiger partial charge in [-0.1, -0.05) is 41.9 Å². The monoisotopic (exact) mass is 530 g/mol. The Morgan fingerprint density at radius 1 is 1.08 bits per heavy atom.